The minimum absolute atomic E-state index is 0.0406. The third-order valence-corrected chi connectivity index (χ3v) is 6.01. The van der Waals surface area contributed by atoms with Crippen LogP contribution in [0.4, 0.5) is 0 Å². The number of fused-ring (bicyclic) bond motifs is 1. The van der Waals surface area contributed by atoms with Crippen molar-refractivity contribution in [2.75, 3.05) is 14.2 Å². The Balaban J connectivity index is 2.07. The Morgan fingerprint density at radius 1 is 1.08 bits per heavy atom. The van der Waals surface area contributed by atoms with E-state index in [2.05, 4.69) is 47.8 Å². The van der Waals surface area contributed by atoms with Crippen LogP contribution >= 0.6 is 47.8 Å². The van der Waals surface area contributed by atoms with Crippen molar-refractivity contribution in [1.82, 2.24) is 0 Å². The molecule has 2 unspecified atom stereocenters. The Bertz CT molecular complexity index is 789. The van der Waals surface area contributed by atoms with Gasteiger partial charge in [0.25, 0.3) is 0 Å². The smallest absolute Gasteiger partial charge is 0.184 e. The molecule has 0 N–H and O–H groups in total. The molecule has 1 heterocycles. The molecule has 0 aromatic heterocycles. The van der Waals surface area contributed by atoms with Crippen LogP contribution in [0.3, 0.4) is 0 Å². The van der Waals surface area contributed by atoms with Crippen molar-refractivity contribution >= 4 is 53.6 Å². The minimum Gasteiger partial charge on any atom is -0.497 e. The zero-order valence-electron chi connectivity index (χ0n) is 12.8. The molecule has 0 saturated heterocycles. The van der Waals surface area contributed by atoms with Crippen LogP contribution in [-0.2, 0) is 0 Å². The second-order valence-electron chi connectivity index (χ2n) is 5.16. The van der Waals surface area contributed by atoms with Crippen LogP contribution in [0.5, 0.6) is 17.2 Å². The van der Waals surface area contributed by atoms with Gasteiger partial charge in [0.2, 0.25) is 0 Å². The van der Waals surface area contributed by atoms with Gasteiger partial charge in [-0.3, -0.25) is 4.79 Å². The molecule has 0 aliphatic carbocycles. The van der Waals surface area contributed by atoms with Gasteiger partial charge in [-0.15, -0.1) is 0 Å². The molecule has 24 heavy (non-hydrogen) atoms. The Morgan fingerprint density at radius 3 is 2.33 bits per heavy atom. The van der Waals surface area contributed by atoms with Gasteiger partial charge in [-0.05, 0) is 55.6 Å². The van der Waals surface area contributed by atoms with E-state index < -0.39 is 10.9 Å². The summed E-state index contributed by atoms with van der Waals surface area (Å²) in [7, 11) is 3.18. The van der Waals surface area contributed by atoms with Gasteiger partial charge in [0.1, 0.15) is 26.9 Å². The summed E-state index contributed by atoms with van der Waals surface area (Å²) in [6.07, 6.45) is -0.446. The topological polar surface area (TPSA) is 44.8 Å². The number of carbonyl (C=O) groups is 1. The molecule has 0 radical (unpaired) electrons. The van der Waals surface area contributed by atoms with Gasteiger partial charge in [0.05, 0.1) is 24.3 Å². The number of carbonyl (C=O) groups excluding carboxylic acids is 1. The summed E-state index contributed by atoms with van der Waals surface area (Å²) in [6.45, 7) is 0. The largest absolute Gasteiger partial charge is 0.497 e. The lowest BCUT2D eigenvalue weighted by Gasteiger charge is -2.31. The number of hydrogen-bond donors (Lipinski definition) is 0. The Hall–Kier alpha value is -1.05. The van der Waals surface area contributed by atoms with Crippen LogP contribution in [0.2, 0.25) is 0 Å². The van der Waals surface area contributed by atoms with E-state index in [0.717, 1.165) is 11.3 Å². The second-order valence-corrected chi connectivity index (χ2v) is 7.79. The monoisotopic (exact) mass is 518 g/mol. The minimum atomic E-state index is -0.481. The van der Waals surface area contributed by atoms with E-state index >= 15 is 0 Å². The zero-order valence-corrected chi connectivity index (χ0v) is 17.6. The summed E-state index contributed by atoms with van der Waals surface area (Å²) in [5.74, 6) is 1.78. The van der Waals surface area contributed by atoms with E-state index in [0.29, 0.717) is 26.0 Å². The van der Waals surface area contributed by atoms with E-state index in [1.807, 2.05) is 24.3 Å². The predicted octanol–water partition coefficient (Wildman–Crippen LogP) is 5.31. The summed E-state index contributed by atoms with van der Waals surface area (Å²) < 4.78 is 18.0. The molecule has 0 saturated carbocycles. The standard InChI is InChI=1S/C17H13Br3O4/c1-22-9-5-3-8(4-6-9)15-12(19)14(21)10-7-11(18)17(23-2)13(20)16(10)24-15/h3-7,12,15H,1-2H3. The molecule has 0 fully saturated rings. The van der Waals surface area contributed by atoms with Gasteiger partial charge in [-0.25, -0.2) is 0 Å². The maximum absolute atomic E-state index is 12.8. The molecule has 1 aliphatic rings. The number of ketones is 1. The molecule has 2 aromatic carbocycles. The number of halogens is 3. The van der Waals surface area contributed by atoms with Gasteiger partial charge >= 0.3 is 0 Å². The van der Waals surface area contributed by atoms with Crippen LogP contribution in [0, 0.1) is 0 Å². The molecule has 2 atom stereocenters. The highest BCUT2D eigenvalue weighted by molar-refractivity contribution is 9.11. The van der Waals surface area contributed by atoms with Crippen LogP contribution in [0.1, 0.15) is 22.0 Å². The summed E-state index contributed by atoms with van der Waals surface area (Å²) in [6, 6.07) is 9.19. The van der Waals surface area contributed by atoms with Crippen molar-refractivity contribution in [2.45, 2.75) is 10.9 Å². The lowest BCUT2D eigenvalue weighted by atomic mass is 9.96. The maximum atomic E-state index is 12.8. The molecular weight excluding hydrogens is 508 g/mol. The van der Waals surface area contributed by atoms with Gasteiger partial charge in [-0.2, -0.15) is 0 Å². The van der Waals surface area contributed by atoms with Crippen molar-refractivity contribution < 1.29 is 19.0 Å². The predicted molar refractivity (Wildman–Crippen MR) is 102 cm³/mol. The van der Waals surface area contributed by atoms with Crippen LogP contribution in [-0.4, -0.2) is 24.8 Å². The van der Waals surface area contributed by atoms with Crippen LogP contribution in [0.25, 0.3) is 0 Å². The normalized spacial score (nSPS) is 19.5. The van der Waals surface area contributed by atoms with E-state index in [4.69, 9.17) is 14.2 Å². The van der Waals surface area contributed by atoms with Gasteiger partial charge in [0.15, 0.2) is 11.5 Å². The van der Waals surface area contributed by atoms with Gasteiger partial charge in [-0.1, -0.05) is 28.1 Å². The van der Waals surface area contributed by atoms with Crippen LogP contribution in [0.15, 0.2) is 39.3 Å². The number of hydrogen-bond acceptors (Lipinski definition) is 4. The van der Waals surface area contributed by atoms with Crippen LogP contribution < -0.4 is 14.2 Å². The van der Waals surface area contributed by atoms with E-state index in [1.54, 1.807) is 20.3 Å². The molecule has 0 amide bonds. The first-order chi connectivity index (χ1) is 11.5. The molecule has 1 aliphatic heterocycles. The maximum Gasteiger partial charge on any atom is 0.184 e. The zero-order chi connectivity index (χ0) is 17.4. The van der Waals surface area contributed by atoms with E-state index in [-0.39, 0.29) is 5.78 Å². The molecule has 3 rings (SSSR count). The molecule has 2 aromatic rings. The average molecular weight is 521 g/mol. The second kappa shape index (κ2) is 7.06. The Morgan fingerprint density at radius 2 is 1.75 bits per heavy atom. The summed E-state index contributed by atoms with van der Waals surface area (Å²) in [5.41, 5.74) is 1.38. The van der Waals surface area contributed by atoms with Crippen molar-refractivity contribution in [1.29, 1.82) is 0 Å². The quantitative estimate of drug-likeness (QED) is 0.515. The molecule has 0 spiro atoms. The summed E-state index contributed by atoms with van der Waals surface area (Å²) >= 11 is 10.4. The molecule has 126 valence electrons. The first-order valence-electron chi connectivity index (χ1n) is 7.02. The molecule has 7 heteroatoms. The van der Waals surface area contributed by atoms with E-state index in [1.165, 1.54) is 0 Å². The van der Waals surface area contributed by atoms with Crippen molar-refractivity contribution in [3.8, 4) is 17.2 Å². The number of methoxy groups -OCH3 is 2. The third-order valence-electron chi connectivity index (χ3n) is 3.81. The highest BCUT2D eigenvalue weighted by atomic mass is 79.9. The number of Topliss-reactive ketones (excluding diaryl/α,β-unsaturated/α-hetero) is 1. The third kappa shape index (κ3) is 2.97. The number of alkyl halides is 1. The average Bonchev–Trinajstić information content (AvgIpc) is 2.59. The Labute approximate surface area is 164 Å². The number of benzene rings is 2. The van der Waals surface area contributed by atoms with Crippen molar-refractivity contribution in [3.63, 3.8) is 0 Å². The van der Waals surface area contributed by atoms with Gasteiger partial charge < -0.3 is 14.2 Å². The highest BCUT2D eigenvalue weighted by Gasteiger charge is 2.38. The fourth-order valence-electron chi connectivity index (χ4n) is 2.57. The fourth-order valence-corrected chi connectivity index (χ4v) is 4.77. The lowest BCUT2D eigenvalue weighted by Crippen LogP contribution is -2.32. The summed E-state index contributed by atoms with van der Waals surface area (Å²) in [5, 5.41) is 0. The van der Waals surface area contributed by atoms with Gasteiger partial charge in [0, 0.05) is 0 Å². The first kappa shape index (κ1) is 17.8. The number of ether oxygens (including phenoxy) is 3. The fraction of sp³-hybridized carbons (Fsp3) is 0.235. The SMILES string of the molecule is COc1ccc(C2Oc3c(cc(Br)c(OC)c3Br)C(=O)C2Br)cc1. The summed E-state index contributed by atoms with van der Waals surface area (Å²) in [4.78, 5) is 12.3. The molecular formula is C17H13Br3O4. The first-order valence-corrected chi connectivity index (χ1v) is 9.53. The molecule has 0 bridgehead atoms. The van der Waals surface area contributed by atoms with E-state index in [9.17, 15) is 4.79 Å². The number of rotatable bonds is 3. The highest BCUT2D eigenvalue weighted by Crippen LogP contribution is 2.48. The van der Waals surface area contributed by atoms with Crippen molar-refractivity contribution in [2.24, 2.45) is 0 Å². The van der Waals surface area contributed by atoms with Crippen molar-refractivity contribution in [3.05, 3.63) is 50.4 Å². The molecule has 4 nitrogen and oxygen atoms in total. The Kier molecular flexibility index (Phi) is 5.22. The lowest BCUT2D eigenvalue weighted by molar-refractivity contribution is 0.0870.